The Morgan fingerprint density at radius 1 is 1.18 bits per heavy atom. The van der Waals surface area contributed by atoms with Crippen molar-refractivity contribution in [3.05, 3.63) is 99.0 Å². The van der Waals surface area contributed by atoms with Crippen molar-refractivity contribution in [1.82, 2.24) is 15.1 Å². The summed E-state index contributed by atoms with van der Waals surface area (Å²) in [6, 6.07) is 3.22. The van der Waals surface area contributed by atoms with Crippen molar-refractivity contribution in [3.63, 3.8) is 0 Å². The van der Waals surface area contributed by atoms with E-state index in [9.17, 15) is 37.3 Å². The normalized spacial score (nSPS) is 17.4. The summed E-state index contributed by atoms with van der Waals surface area (Å²) in [5.41, 5.74) is -3.01. The topological polar surface area (TPSA) is 76.0 Å². The number of hydrogen-bond acceptors (Lipinski definition) is 3. The van der Waals surface area contributed by atoms with Crippen LogP contribution >= 0.6 is 11.6 Å². The fourth-order valence-corrected chi connectivity index (χ4v) is 4.61. The largest absolute Gasteiger partial charge is 0.416 e. The maximum atomic E-state index is 14.2. The van der Waals surface area contributed by atoms with E-state index in [-0.39, 0.29) is 56.4 Å². The van der Waals surface area contributed by atoms with Gasteiger partial charge in [-0.2, -0.15) is 18.3 Å². The number of aryl methyl sites for hydroxylation is 1. The number of benzene rings is 3. The molecule has 2 amide bonds. The molecule has 1 unspecified atom stereocenters. The minimum Gasteiger partial charge on any atom is -0.341 e. The number of amides is 2. The lowest BCUT2D eigenvalue weighted by Gasteiger charge is -2.18. The summed E-state index contributed by atoms with van der Waals surface area (Å²) in [4.78, 5) is 26.4. The van der Waals surface area contributed by atoms with Gasteiger partial charge < -0.3 is 10.6 Å². The van der Waals surface area contributed by atoms with Crippen LogP contribution in [0.3, 0.4) is 0 Å². The average Bonchev–Trinajstić information content (AvgIpc) is 3.33. The first-order chi connectivity index (χ1) is 18.7. The Morgan fingerprint density at radius 2 is 1.92 bits per heavy atom. The van der Waals surface area contributed by atoms with E-state index in [0.717, 1.165) is 24.3 Å². The first-order valence-corrected chi connectivity index (χ1v) is 11.4. The Labute approximate surface area is 222 Å². The third kappa shape index (κ3) is 4.60. The monoisotopic (exact) mass is 565 g/mol. The molecule has 13 heteroatoms. The van der Waals surface area contributed by atoms with Gasteiger partial charge in [0.05, 0.1) is 30.5 Å². The molecule has 1 atom stereocenters. The standard InChI is InChI=1S/C26H15ClF6N4O2/c1-37-19(4-5-28)16-10-18(34-24(38)11-6-12(26(31,32)33)8-14(30)7-11)20-21(23(16)36-37)25(39)35-22(20)15-9-13(29)2-3-17(15)27/h2-10,22H,1H3,(H,34,38)(H,35,39)/b5-4+/i22D. The van der Waals surface area contributed by atoms with Crippen molar-refractivity contribution >= 4 is 46.1 Å². The number of nitrogens with one attached hydrogen (secondary N) is 2. The van der Waals surface area contributed by atoms with Gasteiger partial charge in [-0.15, -0.1) is 0 Å². The zero-order chi connectivity index (χ0) is 29.1. The zero-order valence-electron chi connectivity index (χ0n) is 20.6. The predicted octanol–water partition coefficient (Wildman–Crippen LogP) is 6.55. The summed E-state index contributed by atoms with van der Waals surface area (Å²) in [6.45, 7) is 0. The Morgan fingerprint density at radius 3 is 2.62 bits per heavy atom. The number of aromatic nitrogens is 2. The first-order valence-electron chi connectivity index (χ1n) is 11.5. The van der Waals surface area contributed by atoms with Crippen LogP contribution < -0.4 is 10.6 Å². The predicted molar refractivity (Wildman–Crippen MR) is 131 cm³/mol. The van der Waals surface area contributed by atoms with Crippen molar-refractivity contribution in [2.24, 2.45) is 7.05 Å². The summed E-state index contributed by atoms with van der Waals surface area (Å²) < 4.78 is 91.6. The van der Waals surface area contributed by atoms with Crippen LogP contribution in [0.4, 0.5) is 32.0 Å². The molecule has 39 heavy (non-hydrogen) atoms. The van der Waals surface area contributed by atoms with Crippen LogP contribution in [0.25, 0.3) is 17.0 Å². The van der Waals surface area contributed by atoms with Crippen LogP contribution in [-0.2, 0) is 13.2 Å². The number of halogens is 7. The summed E-state index contributed by atoms with van der Waals surface area (Å²) in [5.74, 6) is -4.22. The van der Waals surface area contributed by atoms with E-state index >= 15 is 0 Å². The molecule has 0 radical (unpaired) electrons. The van der Waals surface area contributed by atoms with Gasteiger partial charge in [0.15, 0.2) is 0 Å². The number of anilines is 1. The van der Waals surface area contributed by atoms with Gasteiger partial charge in [-0.3, -0.25) is 14.3 Å². The van der Waals surface area contributed by atoms with Gasteiger partial charge in [0.2, 0.25) is 0 Å². The molecule has 1 aliphatic heterocycles. The average molecular weight is 566 g/mol. The maximum absolute atomic E-state index is 14.2. The van der Waals surface area contributed by atoms with Crippen LogP contribution in [0.1, 0.15) is 50.5 Å². The molecule has 200 valence electrons. The molecule has 5 rings (SSSR count). The fraction of sp³-hybridized carbons (Fsp3) is 0.115. The Hall–Kier alpha value is -4.32. The molecule has 6 nitrogen and oxygen atoms in total. The second-order valence-corrected chi connectivity index (χ2v) is 8.91. The molecule has 1 aliphatic rings. The van der Waals surface area contributed by atoms with Gasteiger partial charge in [0.1, 0.15) is 17.2 Å². The third-order valence-electron chi connectivity index (χ3n) is 6.04. The minimum absolute atomic E-state index is 0.00661. The fourth-order valence-electron chi connectivity index (χ4n) is 4.40. The van der Waals surface area contributed by atoms with E-state index in [4.69, 9.17) is 11.6 Å². The molecular weight excluding hydrogens is 550 g/mol. The van der Waals surface area contributed by atoms with Crippen LogP contribution in [0.5, 0.6) is 0 Å². The Kier molecular flexibility index (Phi) is 6.06. The van der Waals surface area contributed by atoms with E-state index in [1.54, 1.807) is 0 Å². The Balaban J connectivity index is 1.78. The number of rotatable bonds is 4. The molecule has 2 N–H and O–H groups in total. The molecule has 0 saturated heterocycles. The third-order valence-corrected chi connectivity index (χ3v) is 6.37. The van der Waals surface area contributed by atoms with Crippen LogP contribution in [0.15, 0.2) is 48.8 Å². The second-order valence-electron chi connectivity index (χ2n) is 8.51. The van der Waals surface area contributed by atoms with Crippen molar-refractivity contribution in [1.29, 1.82) is 0 Å². The number of hydrogen-bond donors (Lipinski definition) is 2. The first kappa shape index (κ1) is 25.0. The lowest BCUT2D eigenvalue weighted by Crippen LogP contribution is -2.21. The molecule has 0 fully saturated rings. The maximum Gasteiger partial charge on any atom is 0.416 e. The highest BCUT2D eigenvalue weighted by molar-refractivity contribution is 6.31. The van der Waals surface area contributed by atoms with Crippen LogP contribution in [0, 0.1) is 11.6 Å². The van der Waals surface area contributed by atoms with Gasteiger partial charge in [-0.05, 0) is 48.5 Å². The number of nitrogens with zero attached hydrogens (tertiary/aromatic N) is 2. The van der Waals surface area contributed by atoms with Gasteiger partial charge in [-0.1, -0.05) is 11.6 Å². The zero-order valence-corrected chi connectivity index (χ0v) is 20.3. The summed E-state index contributed by atoms with van der Waals surface area (Å²) in [6.07, 6.45) is -3.74. The van der Waals surface area contributed by atoms with Gasteiger partial charge in [0.25, 0.3) is 11.8 Å². The molecule has 2 heterocycles. The number of fused-ring (bicyclic) bond motifs is 3. The van der Waals surface area contributed by atoms with Gasteiger partial charge in [0, 0.05) is 39.8 Å². The number of alkyl halides is 3. The molecule has 0 spiro atoms. The van der Waals surface area contributed by atoms with Crippen molar-refractivity contribution in [3.8, 4) is 0 Å². The van der Waals surface area contributed by atoms with Crippen molar-refractivity contribution in [2.45, 2.75) is 12.2 Å². The molecule has 0 bridgehead atoms. The molecule has 0 aliphatic carbocycles. The quantitative estimate of drug-likeness (QED) is 0.276. The second kappa shape index (κ2) is 9.45. The summed E-state index contributed by atoms with van der Waals surface area (Å²) in [5, 5.41) is 8.99. The summed E-state index contributed by atoms with van der Waals surface area (Å²) >= 11 is 6.26. The Bertz CT molecular complexity index is 1770. The number of carbonyl (C=O) groups excluding carboxylic acids is 2. The number of carbonyl (C=O) groups is 2. The van der Waals surface area contributed by atoms with Crippen LogP contribution in [0.2, 0.25) is 5.02 Å². The minimum atomic E-state index is -4.96. The van der Waals surface area contributed by atoms with E-state index in [1.807, 2.05) is 0 Å². The van der Waals surface area contributed by atoms with Gasteiger partial charge in [-0.25, -0.2) is 13.2 Å². The van der Waals surface area contributed by atoms with Gasteiger partial charge >= 0.3 is 6.18 Å². The van der Waals surface area contributed by atoms with Crippen molar-refractivity contribution < 1.29 is 37.3 Å². The lowest BCUT2D eigenvalue weighted by molar-refractivity contribution is -0.137. The highest BCUT2D eigenvalue weighted by atomic mass is 35.5. The van der Waals surface area contributed by atoms with Crippen molar-refractivity contribution in [2.75, 3.05) is 5.32 Å². The molecule has 1 aromatic heterocycles. The molecule has 4 aromatic rings. The molecule has 0 saturated carbocycles. The lowest BCUT2D eigenvalue weighted by atomic mass is 9.94. The highest BCUT2D eigenvalue weighted by Crippen LogP contribution is 2.43. The smallest absolute Gasteiger partial charge is 0.341 e. The van der Waals surface area contributed by atoms with E-state index in [0.29, 0.717) is 12.1 Å². The highest BCUT2D eigenvalue weighted by Gasteiger charge is 2.38. The molecular formula is C26H15ClF6N4O2. The van der Waals surface area contributed by atoms with E-state index in [2.05, 4.69) is 15.7 Å². The SMILES string of the molecule is [2H]C1(c2cc(F)ccc2Cl)NC(=O)c2c1c(NC(=O)c1cc(F)cc(C(F)(F)F)c1)cc1c(/C=C/F)n(C)nc21. The van der Waals surface area contributed by atoms with E-state index < -0.39 is 46.8 Å². The summed E-state index contributed by atoms with van der Waals surface area (Å²) in [7, 11) is 1.44. The van der Waals surface area contributed by atoms with Crippen LogP contribution in [-0.4, -0.2) is 21.6 Å². The van der Waals surface area contributed by atoms with E-state index in [1.165, 1.54) is 17.8 Å². The molecule has 3 aromatic carbocycles.